The summed E-state index contributed by atoms with van der Waals surface area (Å²) in [5.41, 5.74) is 3.29. The third-order valence-electron chi connectivity index (χ3n) is 5.95. The number of nitrogens with zero attached hydrogens (tertiary/aromatic N) is 2. The molecule has 1 aromatic heterocycles. The molecule has 1 atom stereocenters. The maximum absolute atomic E-state index is 13.5. The van der Waals surface area contributed by atoms with Gasteiger partial charge in [0.15, 0.2) is 0 Å². The second-order valence-electron chi connectivity index (χ2n) is 8.07. The number of carbonyl (C=O) groups excluding carboxylic acids is 1. The summed E-state index contributed by atoms with van der Waals surface area (Å²) in [4.78, 5) is 15.4. The third-order valence-corrected chi connectivity index (χ3v) is 5.95. The zero-order valence-electron chi connectivity index (χ0n) is 18.4. The van der Waals surface area contributed by atoms with E-state index in [4.69, 9.17) is 14.0 Å². The van der Waals surface area contributed by atoms with E-state index >= 15 is 0 Å². The molecule has 0 spiro atoms. The van der Waals surface area contributed by atoms with Gasteiger partial charge in [0.2, 0.25) is 0 Å². The maximum atomic E-state index is 13.5. The molecule has 2 aromatic carbocycles. The van der Waals surface area contributed by atoms with Gasteiger partial charge in [0.05, 0.1) is 18.4 Å². The number of carbonyl (C=O) groups is 1. The first-order chi connectivity index (χ1) is 15.0. The van der Waals surface area contributed by atoms with Crippen LogP contribution in [0.1, 0.15) is 47.1 Å². The lowest BCUT2D eigenvalue weighted by molar-refractivity contribution is 0.0975. The second-order valence-corrected chi connectivity index (χ2v) is 8.07. The van der Waals surface area contributed by atoms with Crippen molar-refractivity contribution in [1.82, 2.24) is 5.16 Å². The van der Waals surface area contributed by atoms with E-state index in [2.05, 4.69) is 12.1 Å². The molecule has 0 aliphatic heterocycles. The quantitative estimate of drug-likeness (QED) is 0.493. The Balaban J connectivity index is 1.51. The monoisotopic (exact) mass is 420 g/mol. The summed E-state index contributed by atoms with van der Waals surface area (Å²) in [7, 11) is 1.64. The Kier molecular flexibility index (Phi) is 5.98. The van der Waals surface area contributed by atoms with Crippen molar-refractivity contribution < 1.29 is 18.8 Å². The van der Waals surface area contributed by atoms with E-state index in [1.807, 2.05) is 67.3 Å². The van der Waals surface area contributed by atoms with E-state index in [-0.39, 0.29) is 11.9 Å². The average Bonchev–Trinajstić information content (AvgIpc) is 3.59. The van der Waals surface area contributed by atoms with Crippen LogP contribution in [0.15, 0.2) is 53.1 Å². The molecule has 6 nitrogen and oxygen atoms in total. The topological polar surface area (TPSA) is 64.8 Å². The molecule has 1 aliphatic carbocycles. The minimum absolute atomic E-state index is 0.0122. The summed E-state index contributed by atoms with van der Waals surface area (Å²) in [6.07, 6.45) is 2.32. The molecule has 6 heteroatoms. The van der Waals surface area contributed by atoms with E-state index in [0.717, 1.165) is 41.3 Å². The number of benzene rings is 2. The Hall–Kier alpha value is -3.28. The van der Waals surface area contributed by atoms with E-state index < -0.39 is 0 Å². The van der Waals surface area contributed by atoms with Crippen molar-refractivity contribution in [2.75, 3.05) is 12.0 Å². The number of hydrogen-bond acceptors (Lipinski definition) is 5. The Bertz CT molecular complexity index is 1020. The molecule has 3 aromatic rings. The number of aromatic nitrogens is 1. The van der Waals surface area contributed by atoms with E-state index in [1.165, 1.54) is 0 Å². The molecule has 0 N–H and O–H groups in total. The molecular formula is C25H28N2O4. The smallest absolute Gasteiger partial charge is 0.258 e. The molecule has 0 radical (unpaired) electrons. The number of aryl methyl sites for hydroxylation is 2. The van der Waals surface area contributed by atoms with Gasteiger partial charge in [-0.25, -0.2) is 0 Å². The average molecular weight is 421 g/mol. The standard InChI is InChI=1S/C25H28N2O4/c1-16-24(18(3)31-26-16)15-30-23-11-7-20(8-12-23)25(28)27(17(2)19-5-6-19)21-9-13-22(29-4)14-10-21/h7-14,17,19H,5-6,15H2,1-4H3. The molecule has 1 heterocycles. The van der Waals surface area contributed by atoms with Crippen molar-refractivity contribution in [3.05, 3.63) is 71.1 Å². The predicted molar refractivity (Wildman–Crippen MR) is 119 cm³/mol. The summed E-state index contributed by atoms with van der Waals surface area (Å²) in [5.74, 6) is 2.76. The van der Waals surface area contributed by atoms with Crippen LogP contribution in [0.5, 0.6) is 11.5 Å². The Morgan fingerprint density at radius 3 is 2.29 bits per heavy atom. The minimum Gasteiger partial charge on any atom is -0.497 e. The Morgan fingerprint density at radius 1 is 1.10 bits per heavy atom. The van der Waals surface area contributed by atoms with Crippen molar-refractivity contribution >= 4 is 11.6 Å². The van der Waals surface area contributed by atoms with Gasteiger partial charge >= 0.3 is 0 Å². The predicted octanol–water partition coefficient (Wildman–Crippen LogP) is 5.32. The Labute approximate surface area is 182 Å². The van der Waals surface area contributed by atoms with Gasteiger partial charge in [-0.15, -0.1) is 0 Å². The van der Waals surface area contributed by atoms with Gasteiger partial charge in [0.1, 0.15) is 23.9 Å². The first-order valence-corrected chi connectivity index (χ1v) is 10.6. The maximum Gasteiger partial charge on any atom is 0.258 e. The summed E-state index contributed by atoms with van der Waals surface area (Å²) in [6, 6.07) is 15.1. The molecule has 31 heavy (non-hydrogen) atoms. The molecule has 1 saturated carbocycles. The number of methoxy groups -OCH3 is 1. The fourth-order valence-electron chi connectivity index (χ4n) is 3.77. The second kappa shape index (κ2) is 8.84. The van der Waals surface area contributed by atoms with Crippen LogP contribution in [0.4, 0.5) is 5.69 Å². The van der Waals surface area contributed by atoms with Crippen molar-refractivity contribution in [2.24, 2.45) is 5.92 Å². The van der Waals surface area contributed by atoms with Crippen LogP contribution in [0.25, 0.3) is 0 Å². The molecule has 0 bridgehead atoms. The fourth-order valence-corrected chi connectivity index (χ4v) is 3.77. The number of amides is 1. The first-order valence-electron chi connectivity index (χ1n) is 10.6. The molecule has 4 rings (SSSR count). The minimum atomic E-state index is -0.0122. The number of rotatable bonds is 8. The van der Waals surface area contributed by atoms with Crippen LogP contribution >= 0.6 is 0 Å². The molecule has 1 fully saturated rings. The third kappa shape index (κ3) is 4.58. The van der Waals surface area contributed by atoms with Gasteiger partial charge in [0, 0.05) is 17.3 Å². The first kappa shape index (κ1) is 21.0. The Morgan fingerprint density at radius 2 is 1.74 bits per heavy atom. The van der Waals surface area contributed by atoms with Crippen molar-refractivity contribution in [3.63, 3.8) is 0 Å². The van der Waals surface area contributed by atoms with Crippen LogP contribution in [0, 0.1) is 19.8 Å². The van der Waals surface area contributed by atoms with Gasteiger partial charge in [-0.05, 0) is 88.1 Å². The molecule has 1 amide bonds. The number of hydrogen-bond donors (Lipinski definition) is 0. The van der Waals surface area contributed by atoms with Crippen LogP contribution < -0.4 is 14.4 Å². The summed E-state index contributed by atoms with van der Waals surface area (Å²) >= 11 is 0. The fraction of sp³-hybridized carbons (Fsp3) is 0.360. The molecule has 1 unspecified atom stereocenters. The highest BCUT2D eigenvalue weighted by Gasteiger charge is 2.35. The molecule has 0 saturated heterocycles. The normalized spacial score (nSPS) is 14.2. The zero-order chi connectivity index (χ0) is 22.0. The van der Waals surface area contributed by atoms with Gasteiger partial charge < -0.3 is 18.9 Å². The van der Waals surface area contributed by atoms with E-state index in [9.17, 15) is 4.79 Å². The summed E-state index contributed by atoms with van der Waals surface area (Å²) in [5, 5.41) is 3.95. The number of ether oxygens (including phenoxy) is 2. The lowest BCUT2D eigenvalue weighted by Crippen LogP contribution is -2.40. The molecular weight excluding hydrogens is 392 g/mol. The highest BCUT2D eigenvalue weighted by Crippen LogP contribution is 2.38. The summed E-state index contributed by atoms with van der Waals surface area (Å²) < 4.78 is 16.3. The van der Waals surface area contributed by atoms with Gasteiger partial charge in [-0.3, -0.25) is 4.79 Å². The van der Waals surface area contributed by atoms with Gasteiger partial charge in [-0.2, -0.15) is 0 Å². The van der Waals surface area contributed by atoms with Crippen molar-refractivity contribution in [1.29, 1.82) is 0 Å². The summed E-state index contributed by atoms with van der Waals surface area (Å²) in [6.45, 7) is 6.27. The molecule has 162 valence electrons. The number of anilines is 1. The van der Waals surface area contributed by atoms with E-state index in [0.29, 0.717) is 23.8 Å². The highest BCUT2D eigenvalue weighted by atomic mass is 16.5. The van der Waals surface area contributed by atoms with Crippen LogP contribution in [0.3, 0.4) is 0 Å². The lowest BCUT2D eigenvalue weighted by atomic mass is 10.1. The largest absolute Gasteiger partial charge is 0.497 e. The van der Waals surface area contributed by atoms with Crippen LogP contribution in [0.2, 0.25) is 0 Å². The van der Waals surface area contributed by atoms with Crippen molar-refractivity contribution in [2.45, 2.75) is 46.3 Å². The van der Waals surface area contributed by atoms with Gasteiger partial charge in [0.25, 0.3) is 5.91 Å². The SMILES string of the molecule is COc1ccc(N(C(=O)c2ccc(OCc3c(C)noc3C)cc2)C(C)C2CC2)cc1. The van der Waals surface area contributed by atoms with E-state index in [1.54, 1.807) is 7.11 Å². The van der Waals surface area contributed by atoms with Crippen LogP contribution in [-0.4, -0.2) is 24.2 Å². The van der Waals surface area contributed by atoms with Crippen LogP contribution in [-0.2, 0) is 6.61 Å². The lowest BCUT2D eigenvalue weighted by Gasteiger charge is -2.30. The zero-order valence-corrected chi connectivity index (χ0v) is 18.4. The highest BCUT2D eigenvalue weighted by molar-refractivity contribution is 6.06. The van der Waals surface area contributed by atoms with Gasteiger partial charge in [-0.1, -0.05) is 5.16 Å². The molecule has 1 aliphatic rings. The van der Waals surface area contributed by atoms with Crippen molar-refractivity contribution in [3.8, 4) is 11.5 Å².